The summed E-state index contributed by atoms with van der Waals surface area (Å²) in [5.41, 5.74) is 3.57. The highest BCUT2D eigenvalue weighted by molar-refractivity contribution is 5.85. The number of carboxylic acids is 1. The van der Waals surface area contributed by atoms with Gasteiger partial charge in [-0.25, -0.2) is 4.79 Å². The third-order valence-corrected chi connectivity index (χ3v) is 5.10. The van der Waals surface area contributed by atoms with Crippen molar-refractivity contribution in [3.05, 3.63) is 46.6 Å². The van der Waals surface area contributed by atoms with Gasteiger partial charge < -0.3 is 14.9 Å². The van der Waals surface area contributed by atoms with E-state index in [1.807, 2.05) is 6.92 Å². The average molecular weight is 358 g/mol. The summed E-state index contributed by atoms with van der Waals surface area (Å²) in [4.78, 5) is 10.8. The van der Waals surface area contributed by atoms with Crippen molar-refractivity contribution in [3.63, 3.8) is 0 Å². The van der Waals surface area contributed by atoms with Crippen molar-refractivity contribution in [2.45, 2.75) is 71.8 Å². The summed E-state index contributed by atoms with van der Waals surface area (Å²) in [6.07, 6.45) is 9.38. The molecule has 4 nitrogen and oxygen atoms in total. The van der Waals surface area contributed by atoms with Crippen LogP contribution in [0.5, 0.6) is 11.5 Å². The van der Waals surface area contributed by atoms with Crippen LogP contribution in [0.4, 0.5) is 0 Å². The van der Waals surface area contributed by atoms with E-state index in [4.69, 9.17) is 9.84 Å². The smallest absolute Gasteiger partial charge is 0.330 e. The number of carbonyl (C=O) groups is 1. The fraction of sp³-hybridized carbons (Fsp3) is 0.500. The summed E-state index contributed by atoms with van der Waals surface area (Å²) in [7, 11) is 0. The van der Waals surface area contributed by atoms with Crippen molar-refractivity contribution in [1.29, 1.82) is 0 Å². The summed E-state index contributed by atoms with van der Waals surface area (Å²) >= 11 is 0. The Morgan fingerprint density at radius 1 is 1.27 bits per heavy atom. The molecule has 142 valence electrons. The molecular formula is C22H30O4. The van der Waals surface area contributed by atoms with Crippen LogP contribution < -0.4 is 4.74 Å². The van der Waals surface area contributed by atoms with Crippen molar-refractivity contribution >= 4 is 5.97 Å². The molecule has 1 aromatic carbocycles. The number of hydrogen-bond acceptors (Lipinski definition) is 3. The molecule has 0 aromatic heterocycles. The number of ether oxygens (including phenoxy) is 1. The molecule has 1 unspecified atom stereocenters. The highest BCUT2D eigenvalue weighted by Gasteiger charge is 2.31. The fourth-order valence-electron chi connectivity index (χ4n) is 3.36. The molecule has 1 heterocycles. The van der Waals surface area contributed by atoms with E-state index in [2.05, 4.69) is 19.9 Å². The number of hydrogen-bond donors (Lipinski definition) is 2. The van der Waals surface area contributed by atoms with Gasteiger partial charge in [0.2, 0.25) is 0 Å². The Bertz CT molecular complexity index is 730. The number of fused-ring (bicyclic) bond motifs is 1. The Morgan fingerprint density at radius 3 is 2.69 bits per heavy atom. The highest BCUT2D eigenvalue weighted by Crippen LogP contribution is 2.39. The van der Waals surface area contributed by atoms with E-state index in [0.717, 1.165) is 55.4 Å². The van der Waals surface area contributed by atoms with Crippen LogP contribution in [-0.2, 0) is 11.2 Å². The van der Waals surface area contributed by atoms with Crippen LogP contribution in [0.2, 0.25) is 0 Å². The van der Waals surface area contributed by atoms with Crippen LogP contribution in [0.25, 0.3) is 0 Å². The molecule has 0 bridgehead atoms. The molecule has 1 aromatic rings. The maximum Gasteiger partial charge on any atom is 0.330 e. The zero-order chi connectivity index (χ0) is 19.3. The van der Waals surface area contributed by atoms with Gasteiger partial charge in [-0.2, -0.15) is 0 Å². The summed E-state index contributed by atoms with van der Waals surface area (Å²) < 4.78 is 6.31. The van der Waals surface area contributed by atoms with E-state index in [9.17, 15) is 9.90 Å². The largest absolute Gasteiger partial charge is 0.508 e. The van der Waals surface area contributed by atoms with Gasteiger partial charge in [0.1, 0.15) is 17.1 Å². The molecular weight excluding hydrogens is 328 g/mol. The summed E-state index contributed by atoms with van der Waals surface area (Å²) in [5.74, 6) is 0.378. The molecule has 1 aliphatic heterocycles. The molecule has 2 N–H and O–H groups in total. The lowest BCUT2D eigenvalue weighted by Gasteiger charge is -2.36. The normalized spacial score (nSPS) is 20.5. The minimum absolute atomic E-state index is 0.189. The van der Waals surface area contributed by atoms with E-state index in [1.165, 1.54) is 5.57 Å². The minimum atomic E-state index is -0.849. The number of benzene rings is 1. The Morgan fingerprint density at radius 2 is 2.00 bits per heavy atom. The van der Waals surface area contributed by atoms with Crippen LogP contribution in [0.1, 0.15) is 64.0 Å². The first-order valence-electron chi connectivity index (χ1n) is 9.27. The quantitative estimate of drug-likeness (QED) is 0.511. The van der Waals surface area contributed by atoms with Crippen LogP contribution in [-0.4, -0.2) is 21.8 Å². The van der Waals surface area contributed by atoms with Crippen molar-refractivity contribution in [2.75, 3.05) is 0 Å². The molecule has 26 heavy (non-hydrogen) atoms. The lowest BCUT2D eigenvalue weighted by molar-refractivity contribution is -0.132. The minimum Gasteiger partial charge on any atom is -0.508 e. The van der Waals surface area contributed by atoms with Gasteiger partial charge in [-0.15, -0.1) is 0 Å². The van der Waals surface area contributed by atoms with Gasteiger partial charge in [0.05, 0.1) is 0 Å². The number of carboxylic acid groups (broad SMARTS) is 1. The summed E-state index contributed by atoms with van der Waals surface area (Å²) in [5, 5.41) is 18.6. The van der Waals surface area contributed by atoms with Crippen LogP contribution in [0.3, 0.4) is 0 Å². The third kappa shape index (κ3) is 5.38. The molecule has 2 rings (SSSR count). The van der Waals surface area contributed by atoms with Crippen molar-refractivity contribution in [2.24, 2.45) is 0 Å². The topological polar surface area (TPSA) is 66.8 Å². The Hall–Kier alpha value is -2.23. The molecule has 1 aliphatic rings. The molecule has 0 saturated carbocycles. The molecule has 0 amide bonds. The Labute approximate surface area is 156 Å². The van der Waals surface area contributed by atoms with Gasteiger partial charge in [0, 0.05) is 5.57 Å². The maximum atomic E-state index is 10.8. The lowest BCUT2D eigenvalue weighted by atomic mass is 9.87. The number of aromatic hydroxyl groups is 1. The second kappa shape index (κ2) is 8.43. The Balaban J connectivity index is 1.89. The first-order chi connectivity index (χ1) is 12.2. The fourth-order valence-corrected chi connectivity index (χ4v) is 3.36. The Kier molecular flexibility index (Phi) is 6.52. The van der Waals surface area contributed by atoms with Gasteiger partial charge in [-0.05, 0) is 89.5 Å². The second-order valence-corrected chi connectivity index (χ2v) is 7.62. The van der Waals surface area contributed by atoms with Gasteiger partial charge >= 0.3 is 5.97 Å². The molecule has 0 aliphatic carbocycles. The molecule has 0 saturated heterocycles. The number of rotatable bonds is 7. The highest BCUT2D eigenvalue weighted by atomic mass is 16.5. The lowest BCUT2D eigenvalue weighted by Crippen LogP contribution is -2.36. The predicted molar refractivity (Wildman–Crippen MR) is 104 cm³/mol. The summed E-state index contributed by atoms with van der Waals surface area (Å²) in [6.45, 7) is 7.85. The zero-order valence-electron chi connectivity index (χ0n) is 16.3. The zero-order valence-corrected chi connectivity index (χ0v) is 16.3. The van der Waals surface area contributed by atoms with Crippen molar-refractivity contribution in [1.82, 2.24) is 0 Å². The van der Waals surface area contributed by atoms with Gasteiger partial charge in [0.25, 0.3) is 0 Å². The number of aliphatic carboxylic acids is 1. The number of phenolic OH excluding ortho intramolecular Hbond substituents is 1. The van der Waals surface area contributed by atoms with Crippen molar-refractivity contribution < 1.29 is 19.7 Å². The van der Waals surface area contributed by atoms with Crippen LogP contribution >= 0.6 is 0 Å². The first-order valence-corrected chi connectivity index (χ1v) is 9.27. The van der Waals surface area contributed by atoms with E-state index in [0.29, 0.717) is 11.3 Å². The SMILES string of the molecule is CC(=CCCC1(C)CCc2cc(O)cc(C)c2O1)CCC=C(C)C(=O)O. The third-order valence-electron chi connectivity index (χ3n) is 5.10. The molecule has 0 fully saturated rings. The standard InChI is InChI=1S/C22H30O4/c1-15(7-5-9-16(2)21(24)25)8-6-11-22(4)12-10-18-14-19(23)13-17(3)20(18)26-22/h8-9,13-14,23H,5-7,10-12H2,1-4H3,(H,24,25). The van der Waals surface area contributed by atoms with E-state index < -0.39 is 5.97 Å². The molecule has 0 radical (unpaired) electrons. The van der Waals surface area contributed by atoms with Crippen molar-refractivity contribution in [3.8, 4) is 11.5 Å². The van der Waals surface area contributed by atoms with Gasteiger partial charge in [-0.3, -0.25) is 0 Å². The number of aryl methyl sites for hydroxylation is 2. The molecule has 1 atom stereocenters. The number of phenols is 1. The maximum absolute atomic E-state index is 10.8. The average Bonchev–Trinajstić information content (AvgIpc) is 2.55. The molecule has 0 spiro atoms. The van der Waals surface area contributed by atoms with Gasteiger partial charge in [0.15, 0.2) is 0 Å². The summed E-state index contributed by atoms with van der Waals surface area (Å²) in [6, 6.07) is 3.56. The van der Waals surface area contributed by atoms with E-state index in [-0.39, 0.29) is 5.60 Å². The number of allylic oxidation sites excluding steroid dienone is 3. The van der Waals surface area contributed by atoms with E-state index >= 15 is 0 Å². The molecule has 4 heteroatoms. The first kappa shape index (κ1) is 20.1. The van der Waals surface area contributed by atoms with E-state index in [1.54, 1.807) is 25.1 Å². The second-order valence-electron chi connectivity index (χ2n) is 7.62. The predicted octanol–water partition coefficient (Wildman–Crippen LogP) is 5.32. The van der Waals surface area contributed by atoms with Crippen LogP contribution in [0.15, 0.2) is 35.4 Å². The monoisotopic (exact) mass is 358 g/mol. The van der Waals surface area contributed by atoms with Gasteiger partial charge in [-0.1, -0.05) is 17.7 Å². The van der Waals surface area contributed by atoms with Crippen LogP contribution in [0, 0.1) is 6.92 Å².